The lowest BCUT2D eigenvalue weighted by Crippen LogP contribution is -2.09. The highest BCUT2D eigenvalue weighted by Crippen LogP contribution is 2.36. The smallest absolute Gasteiger partial charge is 0.0613 e. The summed E-state index contributed by atoms with van der Waals surface area (Å²) in [5.41, 5.74) is 2.88. The van der Waals surface area contributed by atoms with Crippen LogP contribution >= 0.6 is 23.2 Å². The van der Waals surface area contributed by atoms with Crippen LogP contribution in [0.2, 0.25) is 10.0 Å². The van der Waals surface area contributed by atoms with Gasteiger partial charge in [0.25, 0.3) is 0 Å². The summed E-state index contributed by atoms with van der Waals surface area (Å²) < 4.78 is 0. The molecule has 0 saturated carbocycles. The molecule has 3 nitrogen and oxygen atoms in total. The van der Waals surface area contributed by atoms with E-state index in [9.17, 15) is 0 Å². The zero-order chi connectivity index (χ0) is 14.7. The van der Waals surface area contributed by atoms with E-state index in [-0.39, 0.29) is 0 Å². The number of pyridine rings is 2. The van der Waals surface area contributed by atoms with Gasteiger partial charge in [0.2, 0.25) is 0 Å². The summed E-state index contributed by atoms with van der Waals surface area (Å²) in [4.78, 5) is 10.2. The molecule has 104 valence electrons. The quantitative estimate of drug-likeness (QED) is 0.660. The molecule has 0 bridgehead atoms. The van der Waals surface area contributed by atoms with Crippen LogP contribution in [0.3, 0.4) is 0 Å². The molecule has 1 aromatic carbocycles. The minimum atomic E-state index is 0.516. The van der Waals surface area contributed by atoms with Gasteiger partial charge in [-0.15, -0.1) is 0 Å². The average molecular weight is 316 g/mol. The van der Waals surface area contributed by atoms with Gasteiger partial charge < -0.3 is 4.90 Å². The molecular weight excluding hydrogens is 305 g/mol. The van der Waals surface area contributed by atoms with E-state index in [0.29, 0.717) is 10.0 Å². The average Bonchev–Trinajstić information content (AvgIpc) is 2.53. The van der Waals surface area contributed by atoms with Crippen molar-refractivity contribution >= 4 is 40.3 Å². The second-order valence-electron chi connectivity index (χ2n) is 4.34. The first-order valence-electron chi connectivity index (χ1n) is 6.31. The van der Waals surface area contributed by atoms with Crippen LogP contribution in [0, 0.1) is 0 Å². The van der Waals surface area contributed by atoms with Gasteiger partial charge in [-0.2, -0.15) is 0 Å². The molecule has 0 atom stereocenters. The molecule has 0 spiro atoms. The predicted octanol–water partition coefficient (Wildman–Crippen LogP) is 5.25. The molecule has 0 fully saturated rings. The van der Waals surface area contributed by atoms with Crippen LogP contribution in [-0.2, 0) is 0 Å². The zero-order valence-electron chi connectivity index (χ0n) is 10.9. The molecule has 3 rings (SSSR count). The van der Waals surface area contributed by atoms with E-state index in [2.05, 4.69) is 14.9 Å². The molecule has 0 amide bonds. The second-order valence-corrected chi connectivity index (χ2v) is 5.16. The lowest BCUT2D eigenvalue weighted by atomic mass is 10.2. The molecule has 0 radical (unpaired) electrons. The molecule has 21 heavy (non-hydrogen) atoms. The Balaban J connectivity index is 2.14. The van der Waals surface area contributed by atoms with Crippen LogP contribution < -0.4 is 4.90 Å². The van der Waals surface area contributed by atoms with E-state index in [1.165, 1.54) is 0 Å². The summed E-state index contributed by atoms with van der Waals surface area (Å²) >= 11 is 12.2. The molecule has 0 aliphatic rings. The van der Waals surface area contributed by atoms with Crippen molar-refractivity contribution < 1.29 is 0 Å². The predicted molar refractivity (Wildman–Crippen MR) is 86.7 cm³/mol. The summed E-state index contributed by atoms with van der Waals surface area (Å²) in [6, 6.07) is 13.3. The number of aromatic nitrogens is 2. The summed E-state index contributed by atoms with van der Waals surface area (Å²) in [5, 5.41) is 1.05. The maximum absolute atomic E-state index is 6.15. The van der Waals surface area contributed by atoms with Crippen molar-refractivity contribution in [2.75, 3.05) is 4.90 Å². The Hall–Kier alpha value is -2.10. The van der Waals surface area contributed by atoms with Gasteiger partial charge in [0, 0.05) is 41.8 Å². The molecule has 2 aromatic heterocycles. The topological polar surface area (TPSA) is 29.0 Å². The molecule has 2 heterocycles. The van der Waals surface area contributed by atoms with Crippen molar-refractivity contribution in [3.05, 3.63) is 77.3 Å². The van der Waals surface area contributed by atoms with Gasteiger partial charge in [0.15, 0.2) is 0 Å². The fourth-order valence-electron chi connectivity index (χ4n) is 2.06. The van der Waals surface area contributed by atoms with Crippen LogP contribution in [0.4, 0.5) is 17.1 Å². The number of hydrogen-bond acceptors (Lipinski definition) is 3. The van der Waals surface area contributed by atoms with Gasteiger partial charge in [-0.05, 0) is 42.5 Å². The van der Waals surface area contributed by atoms with Crippen LogP contribution in [0.25, 0.3) is 0 Å². The van der Waals surface area contributed by atoms with Gasteiger partial charge in [-0.25, -0.2) is 0 Å². The highest BCUT2D eigenvalue weighted by atomic mass is 35.5. The fraction of sp³-hybridized carbons (Fsp3) is 0. The molecule has 0 N–H and O–H groups in total. The zero-order valence-corrected chi connectivity index (χ0v) is 12.5. The first kappa shape index (κ1) is 13.9. The molecule has 3 aromatic rings. The molecule has 0 unspecified atom stereocenters. The monoisotopic (exact) mass is 315 g/mol. The van der Waals surface area contributed by atoms with Gasteiger partial charge >= 0.3 is 0 Å². The molecule has 0 aliphatic carbocycles. The van der Waals surface area contributed by atoms with Crippen molar-refractivity contribution in [2.45, 2.75) is 0 Å². The number of rotatable bonds is 3. The van der Waals surface area contributed by atoms with Crippen molar-refractivity contribution in [3.63, 3.8) is 0 Å². The first-order chi connectivity index (χ1) is 10.3. The molecule has 0 saturated heterocycles. The van der Waals surface area contributed by atoms with Crippen molar-refractivity contribution in [2.24, 2.45) is 0 Å². The van der Waals surface area contributed by atoms with Gasteiger partial charge in [-0.1, -0.05) is 23.2 Å². The number of benzene rings is 1. The van der Waals surface area contributed by atoms with E-state index in [1.807, 2.05) is 36.4 Å². The Morgan fingerprint density at radius 3 is 1.62 bits per heavy atom. The Morgan fingerprint density at radius 1 is 0.619 bits per heavy atom. The molecule has 5 heteroatoms. The van der Waals surface area contributed by atoms with Crippen molar-refractivity contribution in [3.8, 4) is 0 Å². The number of hydrogen-bond donors (Lipinski definition) is 0. The molecular formula is C16H11Cl2N3. The SMILES string of the molecule is Clc1ccc(N(c2ccncc2)c2ccncc2)cc1Cl. The van der Waals surface area contributed by atoms with E-state index < -0.39 is 0 Å². The van der Waals surface area contributed by atoms with E-state index >= 15 is 0 Å². The normalized spacial score (nSPS) is 10.4. The minimum absolute atomic E-state index is 0.516. The van der Waals surface area contributed by atoms with Crippen LogP contribution in [-0.4, -0.2) is 9.97 Å². The highest BCUT2D eigenvalue weighted by molar-refractivity contribution is 6.42. The Labute approximate surface area is 132 Å². The maximum Gasteiger partial charge on any atom is 0.0613 e. The first-order valence-corrected chi connectivity index (χ1v) is 7.06. The summed E-state index contributed by atoms with van der Waals surface area (Å²) in [6.45, 7) is 0. The second kappa shape index (κ2) is 6.12. The lowest BCUT2D eigenvalue weighted by Gasteiger charge is -2.25. The lowest BCUT2D eigenvalue weighted by molar-refractivity contribution is 1.22. The number of nitrogens with zero attached hydrogens (tertiary/aromatic N) is 3. The third kappa shape index (κ3) is 2.99. The summed E-state index contributed by atoms with van der Waals surface area (Å²) in [7, 11) is 0. The molecule has 0 aliphatic heterocycles. The van der Waals surface area contributed by atoms with Crippen LogP contribution in [0.1, 0.15) is 0 Å². The number of halogens is 2. The van der Waals surface area contributed by atoms with Crippen molar-refractivity contribution in [1.29, 1.82) is 0 Å². The minimum Gasteiger partial charge on any atom is -0.310 e. The van der Waals surface area contributed by atoms with E-state index in [0.717, 1.165) is 17.1 Å². The van der Waals surface area contributed by atoms with Gasteiger partial charge in [0.1, 0.15) is 0 Å². The number of anilines is 3. The summed E-state index contributed by atoms with van der Waals surface area (Å²) in [5.74, 6) is 0. The van der Waals surface area contributed by atoms with Gasteiger partial charge in [-0.3, -0.25) is 9.97 Å². The largest absolute Gasteiger partial charge is 0.310 e. The fourth-order valence-corrected chi connectivity index (χ4v) is 2.35. The standard InChI is InChI=1S/C16H11Cl2N3/c17-15-2-1-14(11-16(15)18)21(12-3-7-19-8-4-12)13-5-9-20-10-6-13/h1-11H. The Bertz CT molecular complexity index is 694. The highest BCUT2D eigenvalue weighted by Gasteiger charge is 2.13. The third-order valence-corrected chi connectivity index (χ3v) is 3.74. The van der Waals surface area contributed by atoms with Gasteiger partial charge in [0.05, 0.1) is 10.0 Å². The van der Waals surface area contributed by atoms with Crippen molar-refractivity contribution in [1.82, 2.24) is 9.97 Å². The Morgan fingerprint density at radius 2 is 1.14 bits per heavy atom. The summed E-state index contributed by atoms with van der Waals surface area (Å²) in [6.07, 6.45) is 7.00. The van der Waals surface area contributed by atoms with Crippen LogP contribution in [0.15, 0.2) is 67.3 Å². The Kier molecular flexibility index (Phi) is 4.04. The maximum atomic E-state index is 6.15. The van der Waals surface area contributed by atoms with E-state index in [4.69, 9.17) is 23.2 Å². The van der Waals surface area contributed by atoms with E-state index in [1.54, 1.807) is 30.9 Å². The van der Waals surface area contributed by atoms with Crippen LogP contribution in [0.5, 0.6) is 0 Å². The third-order valence-electron chi connectivity index (χ3n) is 3.00.